The molecule has 0 unspecified atom stereocenters. The van der Waals surface area contributed by atoms with E-state index in [0.717, 1.165) is 0 Å². The minimum Gasteiger partial charge on any atom is -0.277 e. The van der Waals surface area contributed by atoms with E-state index < -0.39 is 23.3 Å². The van der Waals surface area contributed by atoms with Crippen LogP contribution in [0.5, 0.6) is 0 Å². The molecule has 0 aromatic carbocycles. The van der Waals surface area contributed by atoms with Crippen molar-refractivity contribution >= 4 is 17.8 Å². The molecule has 0 bridgehead atoms. The summed E-state index contributed by atoms with van der Waals surface area (Å²) in [5, 5.41) is 4.20. The van der Waals surface area contributed by atoms with Gasteiger partial charge in [0.1, 0.15) is 5.41 Å². The van der Waals surface area contributed by atoms with Gasteiger partial charge in [0, 0.05) is 0 Å². The van der Waals surface area contributed by atoms with Gasteiger partial charge < -0.3 is 0 Å². The van der Waals surface area contributed by atoms with E-state index in [-0.39, 0.29) is 36.0 Å². The van der Waals surface area contributed by atoms with Crippen molar-refractivity contribution in [2.75, 3.05) is 0 Å². The standard InChI is InChI=1S/C11H14N2O3.Na/c1-3-5-7-11(6-4-2)8(14)12-10(16)13-9(11)15;/h3-4H,1-2,5-7H2,(H2,12,13,14,15,16);/q;+1. The van der Waals surface area contributed by atoms with E-state index in [4.69, 9.17) is 0 Å². The molecule has 1 heterocycles. The maximum absolute atomic E-state index is 11.8. The van der Waals surface area contributed by atoms with Gasteiger partial charge in [-0.2, -0.15) is 0 Å². The van der Waals surface area contributed by atoms with Crippen LogP contribution in [0.15, 0.2) is 25.3 Å². The molecule has 0 aromatic rings. The summed E-state index contributed by atoms with van der Waals surface area (Å²) in [5.41, 5.74) is -1.23. The van der Waals surface area contributed by atoms with Crippen LogP contribution in [-0.4, -0.2) is 17.8 Å². The Morgan fingerprint density at radius 2 is 1.59 bits per heavy atom. The molecule has 1 aliphatic heterocycles. The van der Waals surface area contributed by atoms with E-state index in [0.29, 0.717) is 12.8 Å². The van der Waals surface area contributed by atoms with E-state index in [1.165, 1.54) is 6.08 Å². The zero-order valence-corrected chi connectivity index (χ0v) is 11.9. The summed E-state index contributed by atoms with van der Waals surface area (Å²) in [7, 11) is 0. The number of carbonyl (C=O) groups excluding carboxylic acids is 3. The second-order valence-electron chi connectivity index (χ2n) is 3.64. The predicted octanol–water partition coefficient (Wildman–Crippen LogP) is -2.11. The van der Waals surface area contributed by atoms with Crippen LogP contribution in [0.3, 0.4) is 0 Å². The maximum atomic E-state index is 11.8. The molecule has 0 spiro atoms. The quantitative estimate of drug-likeness (QED) is 0.330. The van der Waals surface area contributed by atoms with E-state index in [9.17, 15) is 14.4 Å². The largest absolute Gasteiger partial charge is 1.00 e. The number of hydrogen-bond acceptors (Lipinski definition) is 3. The summed E-state index contributed by atoms with van der Waals surface area (Å²) in [5.74, 6) is -1.13. The molecule has 1 fully saturated rings. The van der Waals surface area contributed by atoms with E-state index in [1.807, 2.05) is 0 Å². The van der Waals surface area contributed by atoms with Gasteiger partial charge in [-0.05, 0) is 19.3 Å². The first-order valence-electron chi connectivity index (χ1n) is 4.95. The molecule has 5 nitrogen and oxygen atoms in total. The van der Waals surface area contributed by atoms with Gasteiger partial charge in [0.15, 0.2) is 0 Å². The SMILES string of the molecule is C=CCCC1(CC=C)C(=O)NC(=O)NC1=O.[Na+]. The Morgan fingerprint density at radius 3 is 2.00 bits per heavy atom. The normalized spacial score (nSPS) is 17.5. The van der Waals surface area contributed by atoms with Crippen molar-refractivity contribution < 1.29 is 43.9 Å². The number of imide groups is 2. The van der Waals surface area contributed by atoms with Crippen LogP contribution in [0.4, 0.5) is 4.79 Å². The fourth-order valence-electron chi connectivity index (χ4n) is 1.69. The van der Waals surface area contributed by atoms with Crippen molar-refractivity contribution in [2.24, 2.45) is 5.41 Å². The number of urea groups is 1. The van der Waals surface area contributed by atoms with Crippen molar-refractivity contribution in [3.8, 4) is 0 Å². The van der Waals surface area contributed by atoms with E-state index in [1.54, 1.807) is 6.08 Å². The number of nitrogens with one attached hydrogen (secondary N) is 2. The third-order valence-corrected chi connectivity index (χ3v) is 2.59. The van der Waals surface area contributed by atoms with Gasteiger partial charge in [0.2, 0.25) is 11.8 Å². The minimum atomic E-state index is -1.23. The Balaban J connectivity index is 0.00000256. The van der Waals surface area contributed by atoms with E-state index in [2.05, 4.69) is 23.8 Å². The Morgan fingerprint density at radius 1 is 1.06 bits per heavy atom. The summed E-state index contributed by atoms with van der Waals surface area (Å²) < 4.78 is 0. The average molecular weight is 245 g/mol. The summed E-state index contributed by atoms with van der Waals surface area (Å²) in [6.45, 7) is 7.07. The van der Waals surface area contributed by atoms with E-state index >= 15 is 0 Å². The second kappa shape index (κ2) is 6.74. The van der Waals surface area contributed by atoms with Crippen LogP contribution < -0.4 is 40.2 Å². The van der Waals surface area contributed by atoms with Gasteiger partial charge in [0.05, 0.1) is 0 Å². The first-order valence-corrected chi connectivity index (χ1v) is 4.95. The molecular weight excluding hydrogens is 231 g/mol. The Hall–Kier alpha value is -0.910. The van der Waals surface area contributed by atoms with Crippen LogP contribution in [0.1, 0.15) is 19.3 Å². The monoisotopic (exact) mass is 245 g/mol. The average Bonchev–Trinajstić information content (AvgIpc) is 2.22. The molecular formula is C11H14N2NaO3+. The van der Waals surface area contributed by atoms with Crippen molar-refractivity contribution in [1.29, 1.82) is 0 Å². The molecule has 0 atom stereocenters. The van der Waals surface area contributed by atoms with Crippen LogP contribution in [0, 0.1) is 5.41 Å². The molecule has 2 N–H and O–H groups in total. The summed E-state index contributed by atoms with van der Waals surface area (Å²) in [6.07, 6.45) is 4.15. The van der Waals surface area contributed by atoms with Gasteiger partial charge >= 0.3 is 35.6 Å². The molecule has 1 rings (SSSR count). The summed E-state index contributed by atoms with van der Waals surface area (Å²) in [6, 6.07) is -0.770. The molecule has 1 saturated heterocycles. The van der Waals surface area contributed by atoms with Crippen molar-refractivity contribution in [3.05, 3.63) is 25.3 Å². The number of rotatable bonds is 5. The first kappa shape index (κ1) is 16.1. The number of allylic oxidation sites excluding steroid dienone is 2. The van der Waals surface area contributed by atoms with Gasteiger partial charge in [-0.15, -0.1) is 13.2 Å². The first-order chi connectivity index (χ1) is 7.56. The third kappa shape index (κ3) is 3.28. The Labute approximate surface area is 122 Å². The number of barbiturate groups is 1. The van der Waals surface area contributed by atoms with Crippen LogP contribution >= 0.6 is 0 Å². The molecule has 86 valence electrons. The van der Waals surface area contributed by atoms with Crippen LogP contribution in [0.2, 0.25) is 0 Å². The van der Waals surface area contributed by atoms with Gasteiger partial charge in [-0.25, -0.2) is 4.79 Å². The van der Waals surface area contributed by atoms with Crippen molar-refractivity contribution in [1.82, 2.24) is 10.6 Å². The molecule has 0 radical (unpaired) electrons. The maximum Gasteiger partial charge on any atom is 1.00 e. The minimum absolute atomic E-state index is 0. The fraction of sp³-hybridized carbons (Fsp3) is 0.364. The van der Waals surface area contributed by atoms with Gasteiger partial charge in [-0.1, -0.05) is 12.2 Å². The van der Waals surface area contributed by atoms with Crippen molar-refractivity contribution in [2.45, 2.75) is 19.3 Å². The van der Waals surface area contributed by atoms with Gasteiger partial charge in [0.25, 0.3) is 0 Å². The molecule has 0 aromatic heterocycles. The molecule has 4 amide bonds. The second-order valence-corrected chi connectivity index (χ2v) is 3.64. The number of amides is 4. The molecule has 6 heteroatoms. The zero-order valence-electron chi connectivity index (χ0n) is 9.91. The molecule has 17 heavy (non-hydrogen) atoms. The third-order valence-electron chi connectivity index (χ3n) is 2.59. The van der Waals surface area contributed by atoms with Crippen molar-refractivity contribution in [3.63, 3.8) is 0 Å². The number of carbonyl (C=O) groups is 3. The fourth-order valence-corrected chi connectivity index (χ4v) is 1.69. The Kier molecular flexibility index (Phi) is 6.37. The molecule has 0 saturated carbocycles. The molecule has 0 aliphatic carbocycles. The van der Waals surface area contributed by atoms with Crippen LogP contribution in [0.25, 0.3) is 0 Å². The smallest absolute Gasteiger partial charge is 0.277 e. The predicted molar refractivity (Wildman–Crippen MR) is 58.4 cm³/mol. The Bertz CT molecular complexity index is 346. The molecule has 1 aliphatic rings. The summed E-state index contributed by atoms with van der Waals surface area (Å²) >= 11 is 0. The van der Waals surface area contributed by atoms with Crippen LogP contribution in [-0.2, 0) is 9.59 Å². The zero-order chi connectivity index (χ0) is 12.2. The number of hydrogen-bond donors (Lipinski definition) is 2. The van der Waals surface area contributed by atoms with Gasteiger partial charge in [-0.3, -0.25) is 20.2 Å². The topological polar surface area (TPSA) is 75.3 Å². The summed E-state index contributed by atoms with van der Waals surface area (Å²) in [4.78, 5) is 34.5.